The van der Waals surface area contributed by atoms with Crippen LogP contribution in [0.2, 0.25) is 0 Å². The van der Waals surface area contributed by atoms with Crippen molar-refractivity contribution in [1.82, 2.24) is 4.90 Å². The van der Waals surface area contributed by atoms with E-state index in [1.54, 1.807) is 17.0 Å². The highest BCUT2D eigenvalue weighted by atomic mass is 32.2. The van der Waals surface area contributed by atoms with Crippen LogP contribution in [0.25, 0.3) is 0 Å². The van der Waals surface area contributed by atoms with Gasteiger partial charge < -0.3 is 4.90 Å². The van der Waals surface area contributed by atoms with E-state index < -0.39 is 10.0 Å². The van der Waals surface area contributed by atoms with Crippen molar-refractivity contribution in [2.45, 2.75) is 13.3 Å². The summed E-state index contributed by atoms with van der Waals surface area (Å²) < 4.78 is 22.1. The highest BCUT2D eigenvalue weighted by Gasteiger charge is 2.30. The van der Waals surface area contributed by atoms with Crippen molar-refractivity contribution in [2.75, 3.05) is 18.8 Å². The summed E-state index contributed by atoms with van der Waals surface area (Å²) in [5.74, 6) is -0.428. The molecule has 110 valence electrons. The minimum Gasteiger partial charge on any atom is -0.338 e. The van der Waals surface area contributed by atoms with Gasteiger partial charge in [-0.05, 0) is 31.4 Å². The smallest absolute Gasteiger partial charge is 0.263 e. The average Bonchev–Trinajstić information content (AvgIpc) is 2.93. The highest BCUT2D eigenvalue weighted by Crippen LogP contribution is 2.23. The number of likely N-dealkylation sites (tertiary alicyclic amines) is 1. The number of primary sulfonamides is 1. The standard InChI is InChI=1S/C12H16N2O4S2/c1-8(15)10-2-3-11(19-10)12(16)14-5-4-9(6-14)7-20(13,17)18/h2-3,9H,4-7H2,1H3,(H2,13,17,18). The molecule has 0 aromatic carbocycles. The zero-order chi connectivity index (χ0) is 14.9. The van der Waals surface area contributed by atoms with Crippen molar-refractivity contribution in [3.05, 3.63) is 21.9 Å². The SMILES string of the molecule is CC(=O)c1ccc(C(=O)N2CCC(CS(N)(=O)=O)C2)s1. The molecule has 0 spiro atoms. The fourth-order valence-corrected chi connectivity index (χ4v) is 4.08. The molecule has 1 atom stereocenters. The summed E-state index contributed by atoms with van der Waals surface area (Å²) in [4.78, 5) is 26.1. The van der Waals surface area contributed by atoms with Crippen molar-refractivity contribution in [2.24, 2.45) is 11.1 Å². The first-order valence-corrected chi connectivity index (χ1v) is 8.70. The van der Waals surface area contributed by atoms with E-state index >= 15 is 0 Å². The maximum Gasteiger partial charge on any atom is 0.263 e. The highest BCUT2D eigenvalue weighted by molar-refractivity contribution is 7.89. The first-order chi connectivity index (χ1) is 9.26. The predicted molar refractivity (Wildman–Crippen MR) is 76.3 cm³/mol. The van der Waals surface area contributed by atoms with Crippen molar-refractivity contribution >= 4 is 33.1 Å². The van der Waals surface area contributed by atoms with Crippen LogP contribution in [0.5, 0.6) is 0 Å². The predicted octanol–water partition coefficient (Wildman–Crippen LogP) is 0.701. The summed E-state index contributed by atoms with van der Waals surface area (Å²) in [7, 11) is -3.51. The molecule has 1 fully saturated rings. The van der Waals surface area contributed by atoms with Gasteiger partial charge in [0.25, 0.3) is 5.91 Å². The molecule has 0 bridgehead atoms. The van der Waals surface area contributed by atoms with E-state index in [4.69, 9.17) is 5.14 Å². The Labute approximate surface area is 121 Å². The van der Waals surface area contributed by atoms with E-state index in [0.717, 1.165) is 0 Å². The Morgan fingerprint density at radius 3 is 2.60 bits per heavy atom. The summed E-state index contributed by atoms with van der Waals surface area (Å²) >= 11 is 1.17. The van der Waals surface area contributed by atoms with Gasteiger partial charge >= 0.3 is 0 Å². The fraction of sp³-hybridized carbons (Fsp3) is 0.500. The maximum atomic E-state index is 12.2. The van der Waals surface area contributed by atoms with Gasteiger partial charge in [-0.1, -0.05) is 0 Å². The quantitative estimate of drug-likeness (QED) is 0.827. The molecule has 20 heavy (non-hydrogen) atoms. The first kappa shape index (κ1) is 15.1. The van der Waals surface area contributed by atoms with Crippen LogP contribution in [-0.2, 0) is 10.0 Å². The lowest BCUT2D eigenvalue weighted by Crippen LogP contribution is -2.30. The third kappa shape index (κ3) is 3.65. The second-order valence-corrected chi connectivity index (χ2v) is 7.70. The maximum absolute atomic E-state index is 12.2. The van der Waals surface area contributed by atoms with Crippen molar-refractivity contribution in [3.8, 4) is 0 Å². The van der Waals surface area contributed by atoms with Crippen LogP contribution in [0.1, 0.15) is 32.7 Å². The zero-order valence-corrected chi connectivity index (χ0v) is 12.7. The first-order valence-electron chi connectivity index (χ1n) is 6.17. The van der Waals surface area contributed by atoms with Gasteiger partial charge in [-0.2, -0.15) is 0 Å². The summed E-state index contributed by atoms with van der Waals surface area (Å²) in [5.41, 5.74) is 0. The molecule has 1 unspecified atom stereocenters. The molecule has 1 aliphatic heterocycles. The number of carbonyl (C=O) groups is 2. The third-order valence-corrected chi connectivity index (χ3v) is 5.31. The number of nitrogens with zero attached hydrogens (tertiary/aromatic N) is 1. The summed E-state index contributed by atoms with van der Waals surface area (Å²) in [6.07, 6.45) is 0.632. The Kier molecular flexibility index (Phi) is 4.26. The van der Waals surface area contributed by atoms with E-state index in [0.29, 0.717) is 29.3 Å². The normalized spacial score (nSPS) is 19.3. The lowest BCUT2D eigenvalue weighted by atomic mass is 10.2. The molecule has 1 saturated heterocycles. The Hall–Kier alpha value is -1.25. The van der Waals surface area contributed by atoms with E-state index in [1.807, 2.05) is 0 Å². The monoisotopic (exact) mass is 316 g/mol. The largest absolute Gasteiger partial charge is 0.338 e. The van der Waals surface area contributed by atoms with Gasteiger partial charge in [0.05, 0.1) is 15.5 Å². The van der Waals surface area contributed by atoms with Crippen LogP contribution in [-0.4, -0.2) is 43.9 Å². The Bertz CT molecular complexity index is 636. The molecule has 0 radical (unpaired) electrons. The Morgan fingerprint density at radius 2 is 2.05 bits per heavy atom. The molecule has 1 aromatic heterocycles. The number of rotatable bonds is 4. The molecule has 1 aliphatic rings. The molecule has 0 aliphatic carbocycles. The van der Waals surface area contributed by atoms with Crippen molar-refractivity contribution in [3.63, 3.8) is 0 Å². The number of ketones is 1. The van der Waals surface area contributed by atoms with Crippen LogP contribution in [0.4, 0.5) is 0 Å². The number of hydrogen-bond acceptors (Lipinski definition) is 5. The zero-order valence-electron chi connectivity index (χ0n) is 11.0. The average molecular weight is 316 g/mol. The second-order valence-electron chi connectivity index (χ2n) is 4.96. The molecule has 1 amide bonds. The molecule has 1 aromatic rings. The van der Waals surface area contributed by atoms with Gasteiger partial charge in [-0.25, -0.2) is 13.6 Å². The van der Waals surface area contributed by atoms with Crippen LogP contribution in [0.3, 0.4) is 0 Å². The van der Waals surface area contributed by atoms with Crippen LogP contribution >= 0.6 is 11.3 Å². The molecule has 8 heteroatoms. The third-order valence-electron chi connectivity index (χ3n) is 3.20. The molecular formula is C12H16N2O4S2. The van der Waals surface area contributed by atoms with Crippen LogP contribution in [0.15, 0.2) is 12.1 Å². The molecule has 6 nitrogen and oxygen atoms in total. The number of hydrogen-bond donors (Lipinski definition) is 1. The van der Waals surface area contributed by atoms with Crippen LogP contribution < -0.4 is 5.14 Å². The molecule has 2 N–H and O–H groups in total. The summed E-state index contributed by atoms with van der Waals surface area (Å²) in [6, 6.07) is 3.27. The fourth-order valence-electron chi connectivity index (χ4n) is 2.28. The number of amides is 1. The van der Waals surface area contributed by atoms with E-state index in [9.17, 15) is 18.0 Å². The topological polar surface area (TPSA) is 97.5 Å². The molecular weight excluding hydrogens is 300 g/mol. The summed E-state index contributed by atoms with van der Waals surface area (Å²) in [5, 5.41) is 5.02. The Morgan fingerprint density at radius 1 is 1.40 bits per heavy atom. The van der Waals surface area contributed by atoms with Crippen molar-refractivity contribution in [1.29, 1.82) is 0 Å². The second kappa shape index (κ2) is 5.63. The minimum absolute atomic E-state index is 0.0671. The number of Topliss-reactive ketones (excluding diaryl/α,β-unsaturated/α-hetero) is 1. The molecule has 0 saturated carbocycles. The van der Waals surface area contributed by atoms with Crippen LogP contribution in [0, 0.1) is 5.92 Å². The van der Waals surface area contributed by atoms with Crippen molar-refractivity contribution < 1.29 is 18.0 Å². The lowest BCUT2D eigenvalue weighted by molar-refractivity contribution is 0.0793. The number of thiophene rings is 1. The van der Waals surface area contributed by atoms with Gasteiger partial charge in [0.1, 0.15) is 0 Å². The molecule has 2 rings (SSSR count). The van der Waals surface area contributed by atoms with E-state index in [1.165, 1.54) is 18.3 Å². The number of carbonyl (C=O) groups excluding carboxylic acids is 2. The van der Waals surface area contributed by atoms with Gasteiger partial charge in [0.2, 0.25) is 10.0 Å². The van der Waals surface area contributed by atoms with E-state index in [2.05, 4.69) is 0 Å². The van der Waals surface area contributed by atoms with Gasteiger partial charge in [0.15, 0.2) is 5.78 Å². The number of nitrogens with two attached hydrogens (primary N) is 1. The summed E-state index contributed by atoms with van der Waals surface area (Å²) in [6.45, 7) is 2.37. The van der Waals surface area contributed by atoms with Gasteiger partial charge in [-0.3, -0.25) is 9.59 Å². The van der Waals surface area contributed by atoms with E-state index in [-0.39, 0.29) is 23.4 Å². The molecule has 2 heterocycles. The number of sulfonamides is 1. The van der Waals surface area contributed by atoms with Gasteiger partial charge in [-0.15, -0.1) is 11.3 Å². The minimum atomic E-state index is -3.51. The Balaban J connectivity index is 2.02. The van der Waals surface area contributed by atoms with Gasteiger partial charge in [0, 0.05) is 13.1 Å². The lowest BCUT2D eigenvalue weighted by Gasteiger charge is -2.15.